The Kier molecular flexibility index (Phi) is 3.27. The van der Waals surface area contributed by atoms with Gasteiger partial charge in [-0.05, 0) is 25.2 Å². The van der Waals surface area contributed by atoms with Gasteiger partial charge in [0.05, 0.1) is 24.1 Å². The van der Waals surface area contributed by atoms with Crippen molar-refractivity contribution in [1.29, 1.82) is 0 Å². The molecule has 3 aromatic heterocycles. The summed E-state index contributed by atoms with van der Waals surface area (Å²) >= 11 is 0. The van der Waals surface area contributed by atoms with Gasteiger partial charge in [0.1, 0.15) is 5.82 Å². The third-order valence-electron chi connectivity index (χ3n) is 3.86. The van der Waals surface area contributed by atoms with Crippen LogP contribution >= 0.6 is 0 Å². The molecule has 0 saturated heterocycles. The first-order valence-corrected chi connectivity index (χ1v) is 7.46. The van der Waals surface area contributed by atoms with Crippen molar-refractivity contribution in [2.75, 3.05) is 7.05 Å². The largest absolute Gasteiger partial charge is 0.330 e. The highest BCUT2D eigenvalue weighted by Crippen LogP contribution is 2.15. The van der Waals surface area contributed by atoms with Crippen molar-refractivity contribution >= 4 is 16.8 Å². The summed E-state index contributed by atoms with van der Waals surface area (Å²) in [7, 11) is 4.09. The summed E-state index contributed by atoms with van der Waals surface area (Å²) in [4.78, 5) is 15.5. The van der Waals surface area contributed by atoms with Gasteiger partial charge in [-0.2, -0.15) is 4.98 Å². The molecule has 0 fully saturated rings. The molecule has 0 bridgehead atoms. The third-order valence-corrected chi connectivity index (χ3v) is 3.86. The van der Waals surface area contributed by atoms with Gasteiger partial charge in [0.15, 0.2) is 5.82 Å². The molecule has 0 spiro atoms. The summed E-state index contributed by atoms with van der Waals surface area (Å²) in [6, 6.07) is 10.0. The molecular weight excluding hydrogens is 290 g/mol. The van der Waals surface area contributed by atoms with Crippen LogP contribution in [0.25, 0.3) is 16.8 Å². The van der Waals surface area contributed by atoms with Crippen LogP contribution in [0.5, 0.6) is 0 Å². The van der Waals surface area contributed by atoms with E-state index in [1.165, 1.54) is 0 Å². The predicted molar refractivity (Wildman–Crippen MR) is 86.7 cm³/mol. The number of para-hydroxylation sites is 2. The van der Waals surface area contributed by atoms with Gasteiger partial charge < -0.3 is 4.57 Å². The summed E-state index contributed by atoms with van der Waals surface area (Å²) < 4.78 is 3.82. The summed E-state index contributed by atoms with van der Waals surface area (Å²) in [6.45, 7) is 1.38. The highest BCUT2D eigenvalue weighted by Gasteiger charge is 2.12. The SMILES string of the molecule is CN(Cc1nc2ncccn2n1)Cc1nc2ccccc2n1C. The monoisotopic (exact) mass is 307 g/mol. The highest BCUT2D eigenvalue weighted by atomic mass is 15.3. The molecule has 116 valence electrons. The average Bonchev–Trinajstić information content (AvgIpc) is 3.09. The summed E-state index contributed by atoms with van der Waals surface area (Å²) in [6.07, 6.45) is 3.57. The molecule has 3 heterocycles. The smallest absolute Gasteiger partial charge is 0.252 e. The first-order valence-electron chi connectivity index (χ1n) is 7.46. The van der Waals surface area contributed by atoms with E-state index in [1.54, 1.807) is 10.7 Å². The Labute approximate surface area is 133 Å². The fraction of sp³-hybridized carbons (Fsp3) is 0.250. The molecular formula is C16H17N7. The lowest BCUT2D eigenvalue weighted by atomic mass is 10.3. The normalized spacial score (nSPS) is 11.8. The molecule has 0 atom stereocenters. The van der Waals surface area contributed by atoms with Crippen LogP contribution in [0.3, 0.4) is 0 Å². The summed E-state index contributed by atoms with van der Waals surface area (Å²) in [5, 5.41) is 4.43. The van der Waals surface area contributed by atoms with Crippen LogP contribution in [0, 0.1) is 0 Å². The van der Waals surface area contributed by atoms with Crippen molar-refractivity contribution in [2.24, 2.45) is 7.05 Å². The van der Waals surface area contributed by atoms with Crippen LogP contribution in [-0.4, -0.2) is 41.1 Å². The van der Waals surface area contributed by atoms with Gasteiger partial charge in [0, 0.05) is 19.4 Å². The first-order chi connectivity index (χ1) is 11.2. The quantitative estimate of drug-likeness (QED) is 0.573. The molecule has 0 unspecified atom stereocenters. The van der Waals surface area contributed by atoms with E-state index in [0.717, 1.165) is 29.2 Å². The standard InChI is InChI=1S/C16H17N7/c1-21(10-14-19-16-17-8-5-9-23(16)20-14)11-15-18-12-6-3-4-7-13(12)22(15)2/h3-9H,10-11H2,1-2H3. The number of aromatic nitrogens is 6. The number of hydrogen-bond donors (Lipinski definition) is 0. The van der Waals surface area contributed by atoms with E-state index in [4.69, 9.17) is 4.98 Å². The minimum Gasteiger partial charge on any atom is -0.330 e. The molecule has 1 aromatic carbocycles. The van der Waals surface area contributed by atoms with Crippen molar-refractivity contribution in [2.45, 2.75) is 13.1 Å². The van der Waals surface area contributed by atoms with Crippen molar-refractivity contribution in [1.82, 2.24) is 34.0 Å². The molecule has 7 nitrogen and oxygen atoms in total. The second-order valence-corrected chi connectivity index (χ2v) is 5.64. The third kappa shape index (κ3) is 2.55. The van der Waals surface area contributed by atoms with Gasteiger partial charge in [0.25, 0.3) is 5.78 Å². The van der Waals surface area contributed by atoms with Crippen molar-refractivity contribution in [3.05, 3.63) is 54.4 Å². The van der Waals surface area contributed by atoms with E-state index in [9.17, 15) is 0 Å². The molecule has 0 N–H and O–H groups in total. The number of nitrogens with zero attached hydrogens (tertiary/aromatic N) is 7. The molecule has 7 heteroatoms. The van der Waals surface area contributed by atoms with Gasteiger partial charge >= 0.3 is 0 Å². The van der Waals surface area contributed by atoms with Crippen LogP contribution in [0.2, 0.25) is 0 Å². The lowest BCUT2D eigenvalue weighted by Crippen LogP contribution is -2.20. The lowest BCUT2D eigenvalue weighted by molar-refractivity contribution is 0.300. The van der Waals surface area contributed by atoms with Crippen LogP contribution in [0.15, 0.2) is 42.7 Å². The Morgan fingerprint density at radius 1 is 1.09 bits per heavy atom. The number of benzene rings is 1. The van der Waals surface area contributed by atoms with Crippen LogP contribution in [-0.2, 0) is 20.1 Å². The van der Waals surface area contributed by atoms with Gasteiger partial charge in [-0.15, -0.1) is 5.10 Å². The van der Waals surface area contributed by atoms with Gasteiger partial charge in [-0.1, -0.05) is 12.1 Å². The van der Waals surface area contributed by atoms with Crippen molar-refractivity contribution in [3.63, 3.8) is 0 Å². The maximum Gasteiger partial charge on any atom is 0.252 e. The average molecular weight is 307 g/mol. The molecule has 0 saturated carbocycles. The summed E-state index contributed by atoms with van der Waals surface area (Å²) in [5.41, 5.74) is 2.17. The van der Waals surface area contributed by atoms with E-state index in [1.807, 2.05) is 44.6 Å². The van der Waals surface area contributed by atoms with Crippen LogP contribution in [0.1, 0.15) is 11.6 Å². The number of hydrogen-bond acceptors (Lipinski definition) is 5. The maximum absolute atomic E-state index is 4.70. The predicted octanol–water partition coefficient (Wildman–Crippen LogP) is 1.64. The van der Waals surface area contributed by atoms with Gasteiger partial charge in [-0.25, -0.2) is 14.5 Å². The van der Waals surface area contributed by atoms with E-state index in [2.05, 4.69) is 30.6 Å². The molecule has 4 aromatic rings. The maximum atomic E-state index is 4.70. The molecule has 0 amide bonds. The fourth-order valence-electron chi connectivity index (χ4n) is 2.72. The highest BCUT2D eigenvalue weighted by molar-refractivity contribution is 5.75. The first kappa shape index (κ1) is 13.8. The van der Waals surface area contributed by atoms with E-state index >= 15 is 0 Å². The fourth-order valence-corrected chi connectivity index (χ4v) is 2.72. The van der Waals surface area contributed by atoms with Crippen molar-refractivity contribution < 1.29 is 0 Å². The van der Waals surface area contributed by atoms with Gasteiger partial charge in [0.2, 0.25) is 0 Å². The minimum absolute atomic E-state index is 0.624. The molecule has 0 aliphatic carbocycles. The van der Waals surface area contributed by atoms with E-state index < -0.39 is 0 Å². The Morgan fingerprint density at radius 2 is 1.96 bits per heavy atom. The number of fused-ring (bicyclic) bond motifs is 2. The number of rotatable bonds is 4. The molecule has 0 aliphatic rings. The van der Waals surface area contributed by atoms with Crippen LogP contribution in [0.4, 0.5) is 0 Å². The zero-order valence-corrected chi connectivity index (χ0v) is 13.1. The zero-order chi connectivity index (χ0) is 15.8. The van der Waals surface area contributed by atoms with E-state index in [-0.39, 0.29) is 0 Å². The molecule has 23 heavy (non-hydrogen) atoms. The Morgan fingerprint density at radius 3 is 2.78 bits per heavy atom. The molecule has 0 aliphatic heterocycles. The lowest BCUT2D eigenvalue weighted by Gasteiger charge is -2.14. The van der Waals surface area contributed by atoms with Gasteiger partial charge in [-0.3, -0.25) is 4.90 Å². The number of imidazole rings is 1. The second-order valence-electron chi connectivity index (χ2n) is 5.64. The molecule has 4 rings (SSSR count). The Bertz CT molecular complexity index is 936. The number of aryl methyl sites for hydroxylation is 1. The van der Waals surface area contributed by atoms with Crippen molar-refractivity contribution in [3.8, 4) is 0 Å². The van der Waals surface area contributed by atoms with Crippen LogP contribution < -0.4 is 0 Å². The summed E-state index contributed by atoms with van der Waals surface area (Å²) in [5.74, 6) is 2.40. The Hall–Kier alpha value is -2.80. The zero-order valence-electron chi connectivity index (χ0n) is 13.1. The second kappa shape index (κ2) is 5.44. The topological polar surface area (TPSA) is 64.1 Å². The molecule has 0 radical (unpaired) electrons. The Balaban J connectivity index is 1.54. The minimum atomic E-state index is 0.624. The van der Waals surface area contributed by atoms with E-state index in [0.29, 0.717) is 12.3 Å².